The van der Waals surface area contributed by atoms with Gasteiger partial charge in [0.25, 0.3) is 0 Å². The van der Waals surface area contributed by atoms with Crippen LogP contribution < -0.4 is 10.1 Å². The molecule has 0 aromatic heterocycles. The van der Waals surface area contributed by atoms with Crippen LogP contribution >= 0.6 is 23.2 Å². The first-order valence-electron chi connectivity index (χ1n) is 5.57. The van der Waals surface area contributed by atoms with E-state index in [-0.39, 0.29) is 6.42 Å². The molecule has 0 radical (unpaired) electrons. The van der Waals surface area contributed by atoms with Crippen molar-refractivity contribution in [3.8, 4) is 5.75 Å². The topological polar surface area (TPSA) is 38.3 Å². The molecule has 0 fully saturated rings. The van der Waals surface area contributed by atoms with Gasteiger partial charge in [-0.3, -0.25) is 4.79 Å². The summed E-state index contributed by atoms with van der Waals surface area (Å²) in [5.41, 5.74) is 1.09. The van der Waals surface area contributed by atoms with Crippen molar-refractivity contribution in [2.24, 2.45) is 0 Å². The van der Waals surface area contributed by atoms with E-state index in [1.165, 1.54) is 13.2 Å². The molecular formula is C12H10Cl2F3NO2. The molecular weight excluding hydrogens is 318 g/mol. The SMILES string of the molecule is COc1ccc2c(c1)C(NC(=O)C(F)(F)F)C(Cl)(Cl)C2. The molecule has 1 unspecified atom stereocenters. The van der Waals surface area contributed by atoms with Gasteiger partial charge in [-0.05, 0) is 23.3 Å². The van der Waals surface area contributed by atoms with E-state index in [9.17, 15) is 18.0 Å². The zero-order valence-electron chi connectivity index (χ0n) is 10.2. The normalized spacial score (nSPS) is 20.4. The third-order valence-electron chi connectivity index (χ3n) is 3.05. The lowest BCUT2D eigenvalue weighted by Gasteiger charge is -2.24. The number of halogens is 5. The zero-order chi connectivity index (χ0) is 15.1. The van der Waals surface area contributed by atoms with E-state index in [4.69, 9.17) is 27.9 Å². The number of fused-ring (bicyclic) bond motifs is 1. The standard InChI is InChI=1S/C12H10Cl2F3NO2/c1-20-7-3-2-6-5-11(13,14)9(8(6)4-7)18-10(19)12(15,16)17/h2-4,9H,5H2,1H3,(H,18,19). The number of amides is 1. The van der Waals surface area contributed by atoms with Crippen LogP contribution in [0.4, 0.5) is 13.2 Å². The summed E-state index contributed by atoms with van der Waals surface area (Å²) in [6.07, 6.45) is -4.86. The first-order chi connectivity index (χ1) is 9.15. The monoisotopic (exact) mass is 327 g/mol. The molecule has 1 atom stereocenters. The Morgan fingerprint density at radius 2 is 2.10 bits per heavy atom. The minimum Gasteiger partial charge on any atom is -0.497 e. The number of carbonyl (C=O) groups is 1. The van der Waals surface area contributed by atoms with Crippen LogP contribution in [0.15, 0.2) is 18.2 Å². The first kappa shape index (κ1) is 15.3. The molecule has 0 heterocycles. The number of carbonyl (C=O) groups excluding carboxylic acids is 1. The highest BCUT2D eigenvalue weighted by atomic mass is 35.5. The van der Waals surface area contributed by atoms with E-state index in [0.717, 1.165) is 0 Å². The van der Waals surface area contributed by atoms with E-state index in [1.807, 2.05) is 5.32 Å². The molecule has 20 heavy (non-hydrogen) atoms. The summed E-state index contributed by atoms with van der Waals surface area (Å²) >= 11 is 12.1. The Balaban J connectivity index is 2.35. The lowest BCUT2D eigenvalue weighted by Crippen LogP contribution is -2.43. The highest BCUT2D eigenvalue weighted by Gasteiger charge is 2.48. The lowest BCUT2D eigenvalue weighted by atomic mass is 10.1. The maximum absolute atomic E-state index is 12.4. The predicted octanol–water partition coefficient (Wildman–Crippen LogP) is 3.14. The van der Waals surface area contributed by atoms with Gasteiger partial charge in [0.05, 0.1) is 13.2 Å². The average Bonchev–Trinajstić information content (AvgIpc) is 2.58. The average molecular weight is 328 g/mol. The van der Waals surface area contributed by atoms with Gasteiger partial charge in [-0.2, -0.15) is 13.2 Å². The molecule has 3 nitrogen and oxygen atoms in total. The molecule has 1 aromatic rings. The molecule has 0 spiro atoms. The number of hydrogen-bond donors (Lipinski definition) is 1. The van der Waals surface area contributed by atoms with Crippen molar-refractivity contribution in [2.45, 2.75) is 23.0 Å². The highest BCUT2D eigenvalue weighted by Crippen LogP contribution is 2.47. The fourth-order valence-electron chi connectivity index (χ4n) is 2.11. The zero-order valence-corrected chi connectivity index (χ0v) is 11.7. The van der Waals surface area contributed by atoms with Crippen LogP contribution in [0.5, 0.6) is 5.75 Å². The molecule has 1 amide bonds. The van der Waals surface area contributed by atoms with Gasteiger partial charge in [-0.15, -0.1) is 0 Å². The first-order valence-corrected chi connectivity index (χ1v) is 6.33. The summed E-state index contributed by atoms with van der Waals surface area (Å²) in [7, 11) is 1.43. The van der Waals surface area contributed by atoms with Gasteiger partial charge >= 0.3 is 12.1 Å². The summed E-state index contributed by atoms with van der Waals surface area (Å²) in [4.78, 5) is 11.1. The summed E-state index contributed by atoms with van der Waals surface area (Å²) < 4.78 is 40.5. The quantitative estimate of drug-likeness (QED) is 0.847. The molecule has 1 N–H and O–H groups in total. The summed E-state index contributed by atoms with van der Waals surface area (Å²) in [5.74, 6) is -1.63. The van der Waals surface area contributed by atoms with Crippen LogP contribution in [-0.2, 0) is 11.2 Å². The van der Waals surface area contributed by atoms with Crippen LogP contribution in [0.25, 0.3) is 0 Å². The molecule has 0 saturated heterocycles. The van der Waals surface area contributed by atoms with Crippen LogP contribution in [0.3, 0.4) is 0 Å². The highest BCUT2D eigenvalue weighted by molar-refractivity contribution is 6.49. The van der Waals surface area contributed by atoms with Crippen LogP contribution in [0.1, 0.15) is 17.2 Å². The number of alkyl halides is 5. The Labute approximate surface area is 123 Å². The summed E-state index contributed by atoms with van der Waals surface area (Å²) in [5, 5.41) is 1.83. The molecule has 8 heteroatoms. The summed E-state index contributed by atoms with van der Waals surface area (Å²) in [6, 6.07) is 3.68. The molecule has 0 bridgehead atoms. The molecule has 1 aliphatic carbocycles. The molecule has 0 aliphatic heterocycles. The number of benzene rings is 1. The predicted molar refractivity (Wildman–Crippen MR) is 68.1 cm³/mol. The van der Waals surface area contributed by atoms with Gasteiger partial charge in [0, 0.05) is 6.42 Å². The fraction of sp³-hybridized carbons (Fsp3) is 0.417. The van der Waals surface area contributed by atoms with Crippen molar-refractivity contribution in [1.29, 1.82) is 0 Å². The summed E-state index contributed by atoms with van der Waals surface area (Å²) in [6.45, 7) is 0. The third kappa shape index (κ3) is 2.81. The number of nitrogens with one attached hydrogen (secondary N) is 1. The maximum Gasteiger partial charge on any atom is 0.471 e. The number of ether oxygens (including phenoxy) is 1. The van der Waals surface area contributed by atoms with Crippen molar-refractivity contribution in [3.05, 3.63) is 29.3 Å². The van der Waals surface area contributed by atoms with Crippen molar-refractivity contribution < 1.29 is 22.7 Å². The molecule has 110 valence electrons. The Morgan fingerprint density at radius 1 is 1.45 bits per heavy atom. The Morgan fingerprint density at radius 3 is 2.65 bits per heavy atom. The number of rotatable bonds is 2. The van der Waals surface area contributed by atoms with Gasteiger partial charge in [0.15, 0.2) is 0 Å². The molecule has 1 aliphatic rings. The third-order valence-corrected chi connectivity index (χ3v) is 3.75. The van der Waals surface area contributed by atoms with Gasteiger partial charge < -0.3 is 10.1 Å². The molecule has 2 rings (SSSR count). The van der Waals surface area contributed by atoms with Crippen LogP contribution in [0, 0.1) is 0 Å². The van der Waals surface area contributed by atoms with Gasteiger partial charge in [0.2, 0.25) is 0 Å². The lowest BCUT2D eigenvalue weighted by molar-refractivity contribution is -0.174. The van der Waals surface area contributed by atoms with Gasteiger partial charge in [-0.1, -0.05) is 29.3 Å². The van der Waals surface area contributed by atoms with Gasteiger partial charge in [0.1, 0.15) is 10.1 Å². The second kappa shape index (κ2) is 5.00. The Bertz CT molecular complexity index is 546. The van der Waals surface area contributed by atoms with E-state index in [2.05, 4.69) is 0 Å². The largest absolute Gasteiger partial charge is 0.497 e. The van der Waals surface area contributed by atoms with Crippen molar-refractivity contribution in [1.82, 2.24) is 5.32 Å². The maximum atomic E-state index is 12.4. The van der Waals surface area contributed by atoms with E-state index in [1.54, 1.807) is 12.1 Å². The van der Waals surface area contributed by atoms with Crippen molar-refractivity contribution in [3.63, 3.8) is 0 Å². The van der Waals surface area contributed by atoms with Crippen molar-refractivity contribution in [2.75, 3.05) is 7.11 Å². The number of hydrogen-bond acceptors (Lipinski definition) is 2. The second-order valence-electron chi connectivity index (χ2n) is 4.41. The van der Waals surface area contributed by atoms with E-state index in [0.29, 0.717) is 16.9 Å². The van der Waals surface area contributed by atoms with Crippen LogP contribution in [-0.4, -0.2) is 23.5 Å². The fourth-order valence-corrected chi connectivity index (χ4v) is 2.74. The smallest absolute Gasteiger partial charge is 0.471 e. The van der Waals surface area contributed by atoms with Crippen molar-refractivity contribution >= 4 is 29.1 Å². The minimum atomic E-state index is -4.99. The minimum absolute atomic E-state index is 0.137. The molecule has 0 saturated carbocycles. The van der Waals surface area contributed by atoms with Gasteiger partial charge in [-0.25, -0.2) is 0 Å². The second-order valence-corrected chi connectivity index (χ2v) is 5.95. The number of methoxy groups -OCH3 is 1. The molecule has 1 aromatic carbocycles. The van der Waals surface area contributed by atoms with E-state index < -0.39 is 22.5 Å². The Hall–Kier alpha value is -1.14. The van der Waals surface area contributed by atoms with Crippen LogP contribution in [0.2, 0.25) is 0 Å². The van der Waals surface area contributed by atoms with E-state index >= 15 is 0 Å². The Kier molecular flexibility index (Phi) is 3.81.